The second-order valence-electron chi connectivity index (χ2n) is 0.253. The van der Waals surface area contributed by atoms with Crippen LogP contribution in [0.25, 0.3) is 0 Å². The van der Waals surface area contributed by atoms with Crippen molar-refractivity contribution in [3.8, 4) is 5.92 Å². The summed E-state index contributed by atoms with van der Waals surface area (Å²) < 4.78 is 10.3. The van der Waals surface area contributed by atoms with Crippen LogP contribution in [-0.4, -0.2) is 0 Å². The van der Waals surface area contributed by atoms with E-state index < -0.39 is 0 Å². The van der Waals surface area contributed by atoms with Gasteiger partial charge in [-0.3, -0.25) is 0 Å². The summed E-state index contributed by atoms with van der Waals surface area (Å²) in [5, 5.41) is 0. The predicted molar refractivity (Wildman–Crippen MR) is 12.5 cm³/mol. The van der Waals surface area contributed by atoms with Crippen molar-refractivity contribution < 1.29 is 4.39 Å². The molecular formula is C3HF. The maximum absolute atomic E-state index is 10.3. The van der Waals surface area contributed by atoms with Crippen LogP contribution in [-0.2, 0) is 0 Å². The van der Waals surface area contributed by atoms with Crippen molar-refractivity contribution in [1.82, 2.24) is 0 Å². The van der Waals surface area contributed by atoms with Gasteiger partial charge < -0.3 is 0 Å². The summed E-state index contributed by atoms with van der Waals surface area (Å²) in [5.74, 6) is 1.39. The van der Waals surface area contributed by atoms with E-state index in [1.54, 1.807) is 0 Å². The van der Waals surface area contributed by atoms with E-state index >= 15 is 0 Å². The van der Waals surface area contributed by atoms with Crippen molar-refractivity contribution in [1.29, 1.82) is 0 Å². The Kier molecular flexibility index (Phi) is 2.17. The minimum atomic E-state index is 0.0417. The Morgan fingerprint density at radius 3 is 2.25 bits per heavy atom. The van der Waals surface area contributed by atoms with Crippen LogP contribution < -0.4 is 0 Å². The van der Waals surface area contributed by atoms with Gasteiger partial charge in [-0.15, -0.1) is 0 Å². The second-order valence-corrected chi connectivity index (χ2v) is 0.253. The first-order chi connectivity index (χ1) is 1.91. The summed E-state index contributed by atoms with van der Waals surface area (Å²) >= 11 is 0. The third kappa shape index (κ3) is 1.49. The summed E-state index contributed by atoms with van der Waals surface area (Å²) in [6.07, 6.45) is 5.77. The fraction of sp³-hybridized carbons (Fsp3) is 0. The molecule has 2 radical (unpaired) electrons. The number of hydrogen-bond acceptors (Lipinski definition) is 0. The molecular weight excluding hydrogens is 55.0 g/mol. The lowest BCUT2D eigenvalue weighted by molar-refractivity contribution is 0.665. The fourth-order valence-electron chi connectivity index (χ4n) is 0. The molecule has 0 bridgehead atoms. The average Bonchev–Trinajstić information content (AvgIpc) is 1.37. The minimum Gasteiger partial charge on any atom is -0.229 e. The highest BCUT2D eigenvalue weighted by atomic mass is 19.1. The van der Waals surface area contributed by atoms with E-state index in [2.05, 4.69) is 0 Å². The van der Waals surface area contributed by atoms with E-state index in [-0.39, 0.29) is 6.67 Å². The average molecular weight is 56.0 g/mol. The van der Waals surface area contributed by atoms with Gasteiger partial charge in [0.2, 0.25) is 6.67 Å². The quantitative estimate of drug-likeness (QED) is 0.358. The molecule has 0 rings (SSSR count). The lowest BCUT2D eigenvalue weighted by Gasteiger charge is -1.46. The summed E-state index contributed by atoms with van der Waals surface area (Å²) in [4.78, 5) is 0. The zero-order valence-corrected chi connectivity index (χ0v) is 1.96. The lowest BCUT2D eigenvalue weighted by Crippen LogP contribution is -1.36. The van der Waals surface area contributed by atoms with Gasteiger partial charge in [0.1, 0.15) is 0 Å². The van der Waals surface area contributed by atoms with E-state index in [4.69, 9.17) is 6.42 Å². The van der Waals surface area contributed by atoms with E-state index in [0.717, 1.165) is 0 Å². The molecule has 20 valence electrons. The van der Waals surface area contributed by atoms with Crippen LogP contribution in [0.15, 0.2) is 0 Å². The minimum absolute atomic E-state index is 0.0417. The van der Waals surface area contributed by atoms with Crippen LogP contribution in [0.3, 0.4) is 0 Å². The Bertz CT molecular complexity index is 33.0. The Morgan fingerprint density at radius 1 is 2.00 bits per heavy atom. The molecule has 0 fully saturated rings. The molecule has 0 atom stereocenters. The standard InChI is InChI=1S/C3HF/c1-2-3-4/h3H. The maximum Gasteiger partial charge on any atom is 0.203 e. The van der Waals surface area contributed by atoms with Gasteiger partial charge >= 0.3 is 0 Å². The van der Waals surface area contributed by atoms with Crippen LogP contribution >= 0.6 is 0 Å². The number of hydrogen-bond donors (Lipinski definition) is 0. The summed E-state index contributed by atoms with van der Waals surface area (Å²) in [6, 6.07) is 0. The normalized spacial score (nSPS) is 5.00. The topological polar surface area (TPSA) is 0 Å². The van der Waals surface area contributed by atoms with E-state index in [1.165, 1.54) is 5.92 Å². The van der Waals surface area contributed by atoms with Gasteiger partial charge in [0.15, 0.2) is 0 Å². The summed E-state index contributed by atoms with van der Waals surface area (Å²) in [5.41, 5.74) is 0. The van der Waals surface area contributed by atoms with Gasteiger partial charge in [-0.2, -0.15) is 0 Å². The molecule has 0 N–H and O–H groups in total. The zero-order valence-electron chi connectivity index (χ0n) is 1.96. The smallest absolute Gasteiger partial charge is 0.203 e. The first-order valence-electron chi connectivity index (χ1n) is 0.757. The molecule has 0 spiro atoms. The van der Waals surface area contributed by atoms with Crippen molar-refractivity contribution in [2.45, 2.75) is 0 Å². The van der Waals surface area contributed by atoms with Crippen LogP contribution in [0.1, 0.15) is 0 Å². The summed E-state index contributed by atoms with van der Waals surface area (Å²) in [7, 11) is 0. The molecule has 0 saturated carbocycles. The highest BCUT2D eigenvalue weighted by Crippen LogP contribution is 1.62. The first kappa shape index (κ1) is 3.49. The Morgan fingerprint density at radius 2 is 2.25 bits per heavy atom. The van der Waals surface area contributed by atoms with Gasteiger partial charge in [-0.25, -0.2) is 4.39 Å². The van der Waals surface area contributed by atoms with Crippen LogP contribution in [0.2, 0.25) is 0 Å². The Balaban J connectivity index is 2.43. The van der Waals surface area contributed by atoms with Crippen molar-refractivity contribution in [2.24, 2.45) is 0 Å². The lowest BCUT2D eigenvalue weighted by atomic mass is 10.8. The van der Waals surface area contributed by atoms with E-state index in [9.17, 15) is 4.39 Å². The molecule has 0 aliphatic heterocycles. The van der Waals surface area contributed by atoms with E-state index in [0.29, 0.717) is 0 Å². The number of rotatable bonds is 0. The number of halogens is 1. The van der Waals surface area contributed by atoms with Gasteiger partial charge in [0.05, 0.1) is 0 Å². The molecule has 0 aromatic heterocycles. The van der Waals surface area contributed by atoms with Gasteiger partial charge in [0.25, 0.3) is 0 Å². The molecule has 0 amide bonds. The van der Waals surface area contributed by atoms with Crippen LogP contribution in [0.5, 0.6) is 0 Å². The van der Waals surface area contributed by atoms with Crippen molar-refractivity contribution >= 4 is 0 Å². The third-order valence-electron chi connectivity index (χ3n) is 0.0546. The van der Waals surface area contributed by atoms with Crippen molar-refractivity contribution in [2.75, 3.05) is 0 Å². The molecule has 0 unspecified atom stereocenters. The van der Waals surface area contributed by atoms with E-state index in [1.807, 2.05) is 0 Å². The predicted octanol–water partition coefficient (Wildman–Crippen LogP) is 0.707. The monoisotopic (exact) mass is 56.0 g/mol. The fourth-order valence-corrected chi connectivity index (χ4v) is 0. The molecule has 0 aliphatic rings. The molecule has 0 nitrogen and oxygen atoms in total. The molecule has 1 heteroatoms. The summed E-state index contributed by atoms with van der Waals surface area (Å²) in [6.45, 7) is 0.0417. The van der Waals surface area contributed by atoms with Gasteiger partial charge in [-0.1, -0.05) is 0 Å². The molecule has 0 aromatic rings. The molecule has 0 saturated heterocycles. The second kappa shape index (κ2) is 2.49. The molecule has 0 heterocycles. The molecule has 0 aromatic carbocycles. The highest BCUT2D eigenvalue weighted by molar-refractivity contribution is 4.85. The molecule has 0 aliphatic carbocycles. The van der Waals surface area contributed by atoms with Crippen molar-refractivity contribution in [3.05, 3.63) is 13.1 Å². The third-order valence-corrected chi connectivity index (χ3v) is 0.0546. The van der Waals surface area contributed by atoms with Gasteiger partial charge in [-0.05, 0) is 12.3 Å². The maximum atomic E-state index is 10.3. The van der Waals surface area contributed by atoms with Crippen LogP contribution in [0, 0.1) is 19.0 Å². The zero-order chi connectivity index (χ0) is 3.41. The van der Waals surface area contributed by atoms with Gasteiger partial charge in [0, 0.05) is 0 Å². The molecule has 4 heavy (non-hydrogen) atoms. The highest BCUT2D eigenvalue weighted by Gasteiger charge is 1.52. The SMILES string of the molecule is [C]#C[CH]F. The van der Waals surface area contributed by atoms with Crippen molar-refractivity contribution in [3.63, 3.8) is 0 Å². The van der Waals surface area contributed by atoms with Crippen LogP contribution in [0.4, 0.5) is 4.39 Å². The first-order valence-corrected chi connectivity index (χ1v) is 0.757. The Labute approximate surface area is 24.6 Å². The Hall–Kier alpha value is -0.510. The largest absolute Gasteiger partial charge is 0.229 e.